The van der Waals surface area contributed by atoms with E-state index in [1.165, 1.54) is 4.90 Å². The van der Waals surface area contributed by atoms with Gasteiger partial charge in [0.1, 0.15) is 11.8 Å². The Morgan fingerprint density at radius 1 is 0.964 bits per heavy atom. The van der Waals surface area contributed by atoms with Crippen molar-refractivity contribution >= 4 is 29.1 Å². The molecule has 28 heavy (non-hydrogen) atoms. The highest BCUT2D eigenvalue weighted by Gasteiger charge is 2.62. The highest BCUT2D eigenvalue weighted by Crippen LogP contribution is 2.49. The first-order valence-corrected chi connectivity index (χ1v) is 9.78. The van der Waals surface area contributed by atoms with Crippen molar-refractivity contribution in [2.75, 3.05) is 25.1 Å². The van der Waals surface area contributed by atoms with E-state index in [1.807, 2.05) is 24.3 Å². The van der Waals surface area contributed by atoms with E-state index in [1.54, 1.807) is 31.4 Å². The maximum absolute atomic E-state index is 13.5. The summed E-state index contributed by atoms with van der Waals surface area (Å²) in [5.41, 5.74) is 1.57. The standard InChI is InChI=1S/C21H20ClN3O3/c1-28-16-5-2-4-15(12-16)25-20(26)17-18(13-6-8-14(22)9-7-13)23-10-3-11-24(23)19(17)21(25)27/h2,4-9,12,17-19H,3,10-11H2,1H3/t17-,18+,19+/m1/s1. The average molecular weight is 398 g/mol. The molecule has 2 amide bonds. The van der Waals surface area contributed by atoms with Gasteiger partial charge in [0, 0.05) is 24.2 Å². The van der Waals surface area contributed by atoms with Gasteiger partial charge in [-0.15, -0.1) is 0 Å². The number of imide groups is 1. The first-order valence-electron chi connectivity index (χ1n) is 9.40. The van der Waals surface area contributed by atoms with Crippen molar-refractivity contribution in [2.45, 2.75) is 18.5 Å². The van der Waals surface area contributed by atoms with Crippen molar-refractivity contribution in [3.05, 3.63) is 59.1 Å². The van der Waals surface area contributed by atoms with Crippen LogP contribution < -0.4 is 9.64 Å². The lowest BCUT2D eigenvalue weighted by molar-refractivity contribution is -0.126. The number of hydrogen-bond acceptors (Lipinski definition) is 5. The van der Waals surface area contributed by atoms with Crippen LogP contribution in [-0.2, 0) is 9.59 Å². The summed E-state index contributed by atoms with van der Waals surface area (Å²) in [4.78, 5) is 28.1. The first-order chi connectivity index (χ1) is 13.6. The molecular weight excluding hydrogens is 378 g/mol. The Morgan fingerprint density at radius 3 is 2.39 bits per heavy atom. The number of rotatable bonds is 3. The summed E-state index contributed by atoms with van der Waals surface area (Å²) in [7, 11) is 1.57. The van der Waals surface area contributed by atoms with Crippen molar-refractivity contribution in [3.8, 4) is 5.75 Å². The van der Waals surface area contributed by atoms with Crippen molar-refractivity contribution in [1.82, 2.24) is 10.0 Å². The number of ether oxygens (including phenoxy) is 1. The van der Waals surface area contributed by atoms with Gasteiger partial charge in [-0.3, -0.25) is 9.59 Å². The summed E-state index contributed by atoms with van der Waals surface area (Å²) in [5.74, 6) is -0.128. The Hall–Kier alpha value is -2.41. The monoisotopic (exact) mass is 397 g/mol. The number of hydrazine groups is 1. The molecule has 0 radical (unpaired) electrons. The van der Waals surface area contributed by atoms with Gasteiger partial charge in [0.25, 0.3) is 5.91 Å². The van der Waals surface area contributed by atoms with Gasteiger partial charge in [-0.2, -0.15) is 0 Å². The molecule has 0 N–H and O–H groups in total. The predicted molar refractivity (Wildman–Crippen MR) is 105 cm³/mol. The van der Waals surface area contributed by atoms with E-state index < -0.39 is 12.0 Å². The molecule has 2 aromatic carbocycles. The Bertz CT molecular complexity index is 948. The fourth-order valence-corrected chi connectivity index (χ4v) is 4.90. The molecule has 3 aliphatic rings. The summed E-state index contributed by atoms with van der Waals surface area (Å²) in [6, 6.07) is 14.1. The molecular formula is C21H20ClN3O3. The zero-order valence-electron chi connectivity index (χ0n) is 15.4. The molecule has 0 aliphatic carbocycles. The normalized spacial score (nSPS) is 27.4. The molecule has 0 unspecified atom stereocenters. The molecule has 0 spiro atoms. The maximum atomic E-state index is 13.5. The summed E-state index contributed by atoms with van der Waals surface area (Å²) in [6.07, 6.45) is 0.980. The number of carbonyl (C=O) groups excluding carboxylic acids is 2. The van der Waals surface area contributed by atoms with Crippen LogP contribution in [0.4, 0.5) is 5.69 Å². The molecule has 144 valence electrons. The van der Waals surface area contributed by atoms with Gasteiger partial charge in [0.15, 0.2) is 0 Å². The third-order valence-corrected chi connectivity index (χ3v) is 6.18. The quantitative estimate of drug-likeness (QED) is 0.745. The molecule has 0 aromatic heterocycles. The number of anilines is 1. The second-order valence-corrected chi connectivity index (χ2v) is 7.80. The van der Waals surface area contributed by atoms with E-state index >= 15 is 0 Å². The number of halogens is 1. The first kappa shape index (κ1) is 17.7. The highest BCUT2D eigenvalue weighted by molar-refractivity contribution is 6.30. The van der Waals surface area contributed by atoms with E-state index in [4.69, 9.17) is 16.3 Å². The van der Waals surface area contributed by atoms with E-state index in [-0.39, 0.29) is 17.9 Å². The third-order valence-electron chi connectivity index (χ3n) is 5.93. The van der Waals surface area contributed by atoms with Gasteiger partial charge in [-0.25, -0.2) is 14.9 Å². The number of benzene rings is 2. The smallest absolute Gasteiger partial charge is 0.253 e. The zero-order valence-corrected chi connectivity index (χ0v) is 16.2. The molecule has 7 heteroatoms. The highest BCUT2D eigenvalue weighted by atomic mass is 35.5. The second-order valence-electron chi connectivity index (χ2n) is 7.36. The van der Waals surface area contributed by atoms with Crippen LogP contribution >= 0.6 is 11.6 Å². The summed E-state index contributed by atoms with van der Waals surface area (Å²) >= 11 is 6.06. The molecule has 0 saturated carbocycles. The molecule has 5 rings (SSSR count). The van der Waals surface area contributed by atoms with Crippen LogP contribution in [0, 0.1) is 5.92 Å². The Labute approximate surface area is 168 Å². The molecule has 3 heterocycles. The number of fused-ring (bicyclic) bond motifs is 3. The van der Waals surface area contributed by atoms with Crippen molar-refractivity contribution in [2.24, 2.45) is 5.92 Å². The zero-order chi connectivity index (χ0) is 19.4. The van der Waals surface area contributed by atoms with Gasteiger partial charge in [-0.05, 0) is 36.2 Å². The van der Waals surface area contributed by atoms with Gasteiger partial charge in [0.05, 0.1) is 24.8 Å². The fourth-order valence-electron chi connectivity index (χ4n) is 4.78. The Balaban J connectivity index is 1.57. The Morgan fingerprint density at radius 2 is 1.68 bits per heavy atom. The third kappa shape index (κ3) is 2.49. The molecule has 3 aliphatic heterocycles. The van der Waals surface area contributed by atoms with Crippen molar-refractivity contribution in [1.29, 1.82) is 0 Å². The average Bonchev–Trinajstić information content (AvgIpc) is 3.35. The molecule has 3 fully saturated rings. The van der Waals surface area contributed by atoms with Crippen LogP contribution in [0.5, 0.6) is 5.75 Å². The minimum Gasteiger partial charge on any atom is -0.497 e. The van der Waals surface area contributed by atoms with E-state index in [2.05, 4.69) is 10.0 Å². The lowest BCUT2D eigenvalue weighted by Gasteiger charge is -2.29. The van der Waals surface area contributed by atoms with Crippen molar-refractivity contribution in [3.63, 3.8) is 0 Å². The summed E-state index contributed by atoms with van der Waals surface area (Å²) in [6.45, 7) is 1.64. The van der Waals surface area contributed by atoms with Crippen LogP contribution in [-0.4, -0.2) is 48.1 Å². The largest absolute Gasteiger partial charge is 0.497 e. The van der Waals surface area contributed by atoms with Crippen LogP contribution in [0.2, 0.25) is 5.02 Å². The van der Waals surface area contributed by atoms with Crippen LogP contribution in [0.15, 0.2) is 48.5 Å². The Kier molecular flexibility index (Phi) is 4.16. The number of nitrogens with zero attached hydrogens (tertiary/aromatic N) is 3. The van der Waals surface area contributed by atoms with Gasteiger partial charge >= 0.3 is 0 Å². The molecule has 3 saturated heterocycles. The van der Waals surface area contributed by atoms with E-state index in [0.717, 1.165) is 25.1 Å². The maximum Gasteiger partial charge on any atom is 0.253 e. The van der Waals surface area contributed by atoms with Crippen LogP contribution in [0.25, 0.3) is 0 Å². The lowest BCUT2D eigenvalue weighted by Crippen LogP contribution is -2.44. The number of carbonyl (C=O) groups is 2. The number of methoxy groups -OCH3 is 1. The summed E-state index contributed by atoms with van der Waals surface area (Å²) < 4.78 is 5.27. The molecule has 3 atom stereocenters. The van der Waals surface area contributed by atoms with Crippen LogP contribution in [0.3, 0.4) is 0 Å². The summed E-state index contributed by atoms with van der Waals surface area (Å²) in [5, 5.41) is 4.94. The minimum atomic E-state index is -0.457. The second kappa shape index (κ2) is 6.58. The van der Waals surface area contributed by atoms with Gasteiger partial charge < -0.3 is 4.74 Å². The fraction of sp³-hybridized carbons (Fsp3) is 0.333. The van der Waals surface area contributed by atoms with Gasteiger partial charge in [0.2, 0.25) is 5.91 Å². The van der Waals surface area contributed by atoms with E-state index in [0.29, 0.717) is 16.5 Å². The topological polar surface area (TPSA) is 53.1 Å². The minimum absolute atomic E-state index is 0.155. The molecule has 6 nitrogen and oxygen atoms in total. The van der Waals surface area contributed by atoms with Crippen molar-refractivity contribution < 1.29 is 14.3 Å². The molecule has 2 aromatic rings. The van der Waals surface area contributed by atoms with Crippen LogP contribution in [0.1, 0.15) is 18.0 Å². The predicted octanol–water partition coefficient (Wildman–Crippen LogP) is 2.88. The van der Waals surface area contributed by atoms with Gasteiger partial charge in [-0.1, -0.05) is 29.8 Å². The lowest BCUT2D eigenvalue weighted by atomic mass is 9.90. The number of hydrogen-bond donors (Lipinski definition) is 0. The van der Waals surface area contributed by atoms with E-state index in [9.17, 15) is 9.59 Å². The number of amides is 2. The SMILES string of the molecule is COc1cccc(N2C(=O)[C@H]3[C@@H](C2=O)N2CCCN2[C@H]3c2ccc(Cl)cc2)c1. The molecule has 0 bridgehead atoms.